The van der Waals surface area contributed by atoms with Crippen molar-refractivity contribution in [2.45, 2.75) is 32.6 Å². The van der Waals surface area contributed by atoms with Crippen molar-refractivity contribution in [3.63, 3.8) is 0 Å². The standard InChI is InChI=1S/C19H28ClN3O3/c1-3-5-18(24)21-11-14-6-4-9-23(12-14)13-19(25)22-16-10-15(20)7-8-17(16)26-2/h7-8,10,14H,3-6,9,11-13H2,1-2H3,(H,21,24)(H,22,25). The summed E-state index contributed by atoms with van der Waals surface area (Å²) in [7, 11) is 1.56. The summed E-state index contributed by atoms with van der Waals surface area (Å²) in [5.74, 6) is 0.979. The second-order valence-corrected chi connectivity index (χ2v) is 7.13. The van der Waals surface area contributed by atoms with Gasteiger partial charge < -0.3 is 15.4 Å². The predicted molar refractivity (Wildman–Crippen MR) is 104 cm³/mol. The highest BCUT2D eigenvalue weighted by Crippen LogP contribution is 2.27. The van der Waals surface area contributed by atoms with Gasteiger partial charge in [-0.25, -0.2) is 0 Å². The molecule has 0 spiro atoms. The van der Waals surface area contributed by atoms with Gasteiger partial charge in [0.05, 0.1) is 19.3 Å². The Hall–Kier alpha value is -1.79. The molecule has 7 heteroatoms. The molecule has 144 valence electrons. The lowest BCUT2D eigenvalue weighted by Crippen LogP contribution is -2.43. The van der Waals surface area contributed by atoms with Crippen LogP contribution in [0.15, 0.2) is 18.2 Å². The molecule has 0 bridgehead atoms. The monoisotopic (exact) mass is 381 g/mol. The van der Waals surface area contributed by atoms with Gasteiger partial charge in [-0.2, -0.15) is 0 Å². The topological polar surface area (TPSA) is 70.7 Å². The molecule has 2 N–H and O–H groups in total. The fourth-order valence-corrected chi connectivity index (χ4v) is 3.38. The molecule has 0 aliphatic carbocycles. The number of amides is 2. The molecule has 2 rings (SSSR count). The number of rotatable bonds is 8. The molecule has 0 radical (unpaired) electrons. The van der Waals surface area contributed by atoms with Gasteiger partial charge >= 0.3 is 0 Å². The number of nitrogens with one attached hydrogen (secondary N) is 2. The van der Waals surface area contributed by atoms with Crippen molar-refractivity contribution in [2.24, 2.45) is 5.92 Å². The van der Waals surface area contributed by atoms with Gasteiger partial charge in [-0.05, 0) is 49.9 Å². The first-order valence-electron chi connectivity index (χ1n) is 9.14. The number of piperidine rings is 1. The minimum absolute atomic E-state index is 0.0961. The summed E-state index contributed by atoms with van der Waals surface area (Å²) in [5.41, 5.74) is 0.574. The molecule has 2 amide bonds. The van der Waals surface area contributed by atoms with E-state index in [0.717, 1.165) is 32.4 Å². The summed E-state index contributed by atoms with van der Waals surface area (Å²) < 4.78 is 5.26. The van der Waals surface area contributed by atoms with Crippen LogP contribution in [0.2, 0.25) is 5.02 Å². The van der Waals surface area contributed by atoms with E-state index in [-0.39, 0.29) is 11.8 Å². The zero-order valence-corrected chi connectivity index (χ0v) is 16.3. The van der Waals surface area contributed by atoms with Crippen LogP contribution < -0.4 is 15.4 Å². The number of hydrogen-bond donors (Lipinski definition) is 2. The van der Waals surface area contributed by atoms with E-state index >= 15 is 0 Å². The lowest BCUT2D eigenvalue weighted by atomic mass is 9.98. The second kappa shape index (κ2) is 10.4. The normalized spacial score (nSPS) is 17.6. The van der Waals surface area contributed by atoms with Crippen LogP contribution >= 0.6 is 11.6 Å². The van der Waals surface area contributed by atoms with Crippen molar-refractivity contribution < 1.29 is 14.3 Å². The zero-order chi connectivity index (χ0) is 18.9. The molecule has 1 aromatic rings. The minimum Gasteiger partial charge on any atom is -0.495 e. The van der Waals surface area contributed by atoms with Crippen molar-refractivity contribution in [2.75, 3.05) is 38.6 Å². The average Bonchev–Trinajstić information content (AvgIpc) is 2.61. The first-order chi connectivity index (χ1) is 12.5. The Morgan fingerprint density at radius 3 is 2.88 bits per heavy atom. The third kappa shape index (κ3) is 6.50. The summed E-state index contributed by atoms with van der Waals surface area (Å²) in [6, 6.07) is 5.13. The molecule has 0 saturated carbocycles. The van der Waals surface area contributed by atoms with E-state index in [9.17, 15) is 9.59 Å². The number of ether oxygens (including phenoxy) is 1. The Labute approximate surface area is 160 Å². The number of likely N-dealkylation sites (tertiary alicyclic amines) is 1. The van der Waals surface area contributed by atoms with Gasteiger partial charge in [-0.15, -0.1) is 0 Å². The van der Waals surface area contributed by atoms with E-state index in [4.69, 9.17) is 16.3 Å². The summed E-state index contributed by atoms with van der Waals surface area (Å²) in [6.45, 7) is 4.69. The Balaban J connectivity index is 1.83. The van der Waals surface area contributed by atoms with Crippen LogP contribution in [-0.4, -0.2) is 50.0 Å². The molecular weight excluding hydrogens is 354 g/mol. The quantitative estimate of drug-likeness (QED) is 0.726. The minimum atomic E-state index is -0.0961. The van der Waals surface area contributed by atoms with Gasteiger partial charge in [0.25, 0.3) is 0 Å². The lowest BCUT2D eigenvalue weighted by molar-refractivity contribution is -0.121. The molecule has 6 nitrogen and oxygen atoms in total. The third-order valence-electron chi connectivity index (χ3n) is 4.47. The Kier molecular flexibility index (Phi) is 8.19. The average molecular weight is 382 g/mol. The molecule has 1 unspecified atom stereocenters. The molecule has 1 aliphatic rings. The molecular formula is C19H28ClN3O3. The van der Waals surface area contributed by atoms with Crippen molar-refractivity contribution in [1.29, 1.82) is 0 Å². The number of carbonyl (C=O) groups excluding carboxylic acids is 2. The smallest absolute Gasteiger partial charge is 0.238 e. The zero-order valence-electron chi connectivity index (χ0n) is 15.5. The van der Waals surface area contributed by atoms with Crippen LogP contribution in [0.5, 0.6) is 5.75 Å². The number of nitrogens with zero attached hydrogens (tertiary/aromatic N) is 1. The van der Waals surface area contributed by atoms with Crippen molar-refractivity contribution in [1.82, 2.24) is 10.2 Å². The molecule has 1 fully saturated rings. The molecule has 1 saturated heterocycles. The highest BCUT2D eigenvalue weighted by molar-refractivity contribution is 6.31. The number of anilines is 1. The summed E-state index contributed by atoms with van der Waals surface area (Å²) in [4.78, 5) is 26.2. The van der Waals surface area contributed by atoms with Crippen LogP contribution in [0.3, 0.4) is 0 Å². The Morgan fingerprint density at radius 2 is 2.15 bits per heavy atom. The fraction of sp³-hybridized carbons (Fsp3) is 0.579. The van der Waals surface area contributed by atoms with E-state index in [1.165, 1.54) is 0 Å². The SMILES string of the molecule is CCCC(=O)NCC1CCCN(CC(=O)Nc2cc(Cl)ccc2OC)C1. The molecule has 1 aromatic carbocycles. The third-order valence-corrected chi connectivity index (χ3v) is 4.71. The fourth-order valence-electron chi connectivity index (χ4n) is 3.21. The van der Waals surface area contributed by atoms with E-state index in [0.29, 0.717) is 41.9 Å². The van der Waals surface area contributed by atoms with Crippen LogP contribution in [-0.2, 0) is 9.59 Å². The van der Waals surface area contributed by atoms with Crippen molar-refractivity contribution in [3.8, 4) is 5.75 Å². The molecule has 1 atom stereocenters. The maximum absolute atomic E-state index is 12.4. The molecule has 0 aromatic heterocycles. The summed E-state index contributed by atoms with van der Waals surface area (Å²) >= 11 is 6.00. The van der Waals surface area contributed by atoms with Gasteiger partial charge in [0, 0.05) is 24.5 Å². The Bertz CT molecular complexity index is 624. The van der Waals surface area contributed by atoms with Crippen molar-refractivity contribution >= 4 is 29.1 Å². The molecule has 26 heavy (non-hydrogen) atoms. The van der Waals surface area contributed by atoms with Crippen LogP contribution in [0.1, 0.15) is 32.6 Å². The summed E-state index contributed by atoms with van der Waals surface area (Å²) in [5, 5.41) is 6.41. The van der Waals surface area contributed by atoms with E-state index < -0.39 is 0 Å². The maximum Gasteiger partial charge on any atom is 0.238 e. The van der Waals surface area contributed by atoms with Gasteiger partial charge in [-0.1, -0.05) is 18.5 Å². The van der Waals surface area contributed by atoms with Gasteiger partial charge in [0.2, 0.25) is 11.8 Å². The van der Waals surface area contributed by atoms with Crippen LogP contribution in [0, 0.1) is 5.92 Å². The number of halogens is 1. The van der Waals surface area contributed by atoms with E-state index in [2.05, 4.69) is 15.5 Å². The summed E-state index contributed by atoms with van der Waals surface area (Å²) in [6.07, 6.45) is 3.53. The first kappa shape index (κ1) is 20.5. The molecule has 1 aliphatic heterocycles. The van der Waals surface area contributed by atoms with Crippen LogP contribution in [0.4, 0.5) is 5.69 Å². The van der Waals surface area contributed by atoms with Gasteiger partial charge in [-0.3, -0.25) is 14.5 Å². The lowest BCUT2D eigenvalue weighted by Gasteiger charge is -2.32. The number of methoxy groups -OCH3 is 1. The molecule has 1 heterocycles. The Morgan fingerprint density at radius 1 is 1.35 bits per heavy atom. The van der Waals surface area contributed by atoms with E-state index in [1.54, 1.807) is 25.3 Å². The van der Waals surface area contributed by atoms with Gasteiger partial charge in [0.15, 0.2) is 0 Å². The van der Waals surface area contributed by atoms with Crippen molar-refractivity contribution in [3.05, 3.63) is 23.2 Å². The van der Waals surface area contributed by atoms with E-state index in [1.807, 2.05) is 6.92 Å². The first-order valence-corrected chi connectivity index (χ1v) is 9.52. The largest absolute Gasteiger partial charge is 0.495 e. The second-order valence-electron chi connectivity index (χ2n) is 6.69. The highest BCUT2D eigenvalue weighted by Gasteiger charge is 2.22. The number of benzene rings is 1. The number of hydrogen-bond acceptors (Lipinski definition) is 4. The van der Waals surface area contributed by atoms with Crippen LogP contribution in [0.25, 0.3) is 0 Å². The maximum atomic E-state index is 12.4. The number of carbonyl (C=O) groups is 2. The predicted octanol–water partition coefficient (Wildman–Crippen LogP) is 2.92. The van der Waals surface area contributed by atoms with Gasteiger partial charge in [0.1, 0.15) is 5.75 Å². The highest BCUT2D eigenvalue weighted by atomic mass is 35.5.